The van der Waals surface area contributed by atoms with E-state index in [1.54, 1.807) is 6.92 Å². The third kappa shape index (κ3) is 2.47. The van der Waals surface area contributed by atoms with E-state index in [0.717, 1.165) is 47.9 Å². The number of carbonyl (C=O) groups is 2. The molecule has 26 heavy (non-hydrogen) atoms. The lowest BCUT2D eigenvalue weighted by molar-refractivity contribution is -0.137. The highest BCUT2D eigenvalue weighted by molar-refractivity contribution is 7.17. The molecule has 1 aromatic rings. The van der Waals surface area contributed by atoms with E-state index in [0.29, 0.717) is 6.54 Å². The van der Waals surface area contributed by atoms with Crippen LogP contribution in [0.25, 0.3) is 0 Å². The van der Waals surface area contributed by atoms with Crippen molar-refractivity contribution in [3.63, 3.8) is 0 Å². The first-order valence-electron chi connectivity index (χ1n) is 9.68. The predicted molar refractivity (Wildman–Crippen MR) is 103 cm³/mol. The molecule has 6 nitrogen and oxygen atoms in total. The fraction of sp³-hybridized carbons (Fsp3) is 0.737. The minimum Gasteiger partial charge on any atom is -0.362 e. The van der Waals surface area contributed by atoms with Gasteiger partial charge in [-0.1, -0.05) is 18.3 Å². The van der Waals surface area contributed by atoms with Gasteiger partial charge in [-0.05, 0) is 39.5 Å². The van der Waals surface area contributed by atoms with Gasteiger partial charge in [0, 0.05) is 37.5 Å². The molecule has 1 saturated carbocycles. The van der Waals surface area contributed by atoms with Crippen LogP contribution in [-0.4, -0.2) is 57.8 Å². The van der Waals surface area contributed by atoms with E-state index < -0.39 is 0 Å². The molecule has 4 rings (SSSR count). The zero-order chi connectivity index (χ0) is 18.6. The first kappa shape index (κ1) is 17.8. The van der Waals surface area contributed by atoms with Gasteiger partial charge in [-0.3, -0.25) is 9.59 Å². The van der Waals surface area contributed by atoms with E-state index in [4.69, 9.17) is 0 Å². The summed E-state index contributed by atoms with van der Waals surface area (Å²) >= 11 is 1.46. The number of anilines is 1. The van der Waals surface area contributed by atoms with Gasteiger partial charge in [-0.15, -0.1) is 0 Å². The average molecular weight is 377 g/mol. The molecule has 0 spiro atoms. The molecule has 0 unspecified atom stereocenters. The van der Waals surface area contributed by atoms with Gasteiger partial charge in [0.1, 0.15) is 4.88 Å². The van der Waals surface area contributed by atoms with E-state index in [1.165, 1.54) is 11.3 Å². The van der Waals surface area contributed by atoms with Crippen molar-refractivity contribution in [1.82, 2.24) is 14.8 Å². The van der Waals surface area contributed by atoms with Gasteiger partial charge in [-0.2, -0.15) is 0 Å². The van der Waals surface area contributed by atoms with E-state index in [2.05, 4.69) is 22.1 Å². The number of rotatable bonds is 3. The zero-order valence-electron chi connectivity index (χ0n) is 16.0. The van der Waals surface area contributed by atoms with Crippen molar-refractivity contribution in [2.45, 2.75) is 71.5 Å². The number of thiazole rings is 1. The molecular weight excluding hydrogens is 348 g/mol. The number of amides is 2. The third-order valence-electron chi connectivity index (χ3n) is 6.62. The summed E-state index contributed by atoms with van der Waals surface area (Å²) in [6.07, 6.45) is 4.19. The third-order valence-corrected chi connectivity index (χ3v) is 7.73. The van der Waals surface area contributed by atoms with Crippen LogP contribution in [-0.2, 0) is 4.79 Å². The molecule has 2 bridgehead atoms. The topological polar surface area (TPSA) is 65.5 Å². The number of carbonyl (C=O) groups excluding carboxylic acids is 2. The maximum Gasteiger partial charge on any atom is 0.266 e. The van der Waals surface area contributed by atoms with Gasteiger partial charge < -0.3 is 15.1 Å². The minimum absolute atomic E-state index is 0.0194. The first-order valence-corrected chi connectivity index (χ1v) is 10.5. The lowest BCUT2D eigenvalue weighted by Crippen LogP contribution is -2.57. The number of hydrogen-bond donors (Lipinski definition) is 1. The summed E-state index contributed by atoms with van der Waals surface area (Å²) in [4.78, 5) is 35.2. The molecule has 3 heterocycles. The molecule has 7 heteroatoms. The van der Waals surface area contributed by atoms with Crippen LogP contribution >= 0.6 is 11.3 Å². The molecule has 0 aromatic carbocycles. The second-order valence-corrected chi connectivity index (χ2v) is 9.17. The molecule has 4 atom stereocenters. The van der Waals surface area contributed by atoms with Crippen molar-refractivity contribution in [3.8, 4) is 0 Å². The molecular formula is C19H28N4O2S. The van der Waals surface area contributed by atoms with Crippen LogP contribution < -0.4 is 5.32 Å². The minimum atomic E-state index is 0.0194. The molecule has 0 radical (unpaired) electrons. The van der Waals surface area contributed by atoms with Crippen molar-refractivity contribution < 1.29 is 9.59 Å². The normalized spacial score (nSPS) is 32.7. The summed E-state index contributed by atoms with van der Waals surface area (Å²) in [6.45, 7) is 9.38. The quantitative estimate of drug-likeness (QED) is 0.881. The SMILES string of the molecule is CCNc1nc(C)c(C(=O)N2[C@@H]3CN(C(C)=O)[C@@H]4CCC[C@H]2[C@]4(C)C3)s1. The Kier molecular flexibility index (Phi) is 4.25. The fourth-order valence-corrected chi connectivity index (χ4v) is 6.57. The van der Waals surface area contributed by atoms with Crippen molar-refractivity contribution in [1.29, 1.82) is 0 Å². The van der Waals surface area contributed by atoms with Gasteiger partial charge in [0.05, 0.1) is 11.7 Å². The number of likely N-dealkylation sites (tertiary alicyclic amines) is 2. The average Bonchev–Trinajstić information content (AvgIpc) is 3.09. The van der Waals surface area contributed by atoms with Crippen LogP contribution in [0.2, 0.25) is 0 Å². The standard InChI is InChI=1S/C19H28N4O2S/c1-5-20-18-21-11(2)16(26-18)17(25)23-13-9-19(4)14(7-6-8-15(19)23)22(10-13)12(3)24/h13-15H,5-10H2,1-4H3,(H,20,21)/t13-,14+,15-,19+/m0/s1. The molecule has 2 aliphatic heterocycles. The van der Waals surface area contributed by atoms with Gasteiger partial charge >= 0.3 is 0 Å². The zero-order valence-corrected chi connectivity index (χ0v) is 16.9. The van der Waals surface area contributed by atoms with Crippen LogP contribution in [0.5, 0.6) is 0 Å². The highest BCUT2D eigenvalue weighted by atomic mass is 32.1. The number of hydrogen-bond acceptors (Lipinski definition) is 5. The molecule has 142 valence electrons. The van der Waals surface area contributed by atoms with Crippen LogP contribution in [0, 0.1) is 12.3 Å². The maximum atomic E-state index is 13.5. The fourth-order valence-electron chi connectivity index (χ4n) is 5.59. The van der Waals surface area contributed by atoms with Crippen molar-refractivity contribution in [2.75, 3.05) is 18.4 Å². The van der Waals surface area contributed by atoms with Crippen molar-refractivity contribution >= 4 is 28.3 Å². The first-order chi connectivity index (χ1) is 12.4. The highest BCUT2D eigenvalue weighted by Gasteiger charge is 2.61. The summed E-state index contributed by atoms with van der Waals surface area (Å²) in [5.41, 5.74) is 0.823. The molecule has 2 saturated heterocycles. The molecule has 1 N–H and O–H groups in total. The largest absolute Gasteiger partial charge is 0.362 e. The smallest absolute Gasteiger partial charge is 0.266 e. The van der Waals surface area contributed by atoms with Gasteiger partial charge in [-0.25, -0.2) is 4.98 Å². The second kappa shape index (κ2) is 6.22. The molecule has 1 aliphatic carbocycles. The van der Waals surface area contributed by atoms with Gasteiger partial charge in [0.15, 0.2) is 5.13 Å². The summed E-state index contributed by atoms with van der Waals surface area (Å²) in [5, 5.41) is 4.03. The Morgan fingerprint density at radius 1 is 1.35 bits per heavy atom. The summed E-state index contributed by atoms with van der Waals surface area (Å²) in [5.74, 6) is 0.248. The van der Waals surface area contributed by atoms with Crippen LogP contribution in [0.15, 0.2) is 0 Å². The Morgan fingerprint density at radius 2 is 2.08 bits per heavy atom. The van der Waals surface area contributed by atoms with Crippen LogP contribution in [0.4, 0.5) is 5.13 Å². The van der Waals surface area contributed by atoms with E-state index in [9.17, 15) is 9.59 Å². The number of nitrogens with one attached hydrogen (secondary N) is 1. The lowest BCUT2D eigenvalue weighted by Gasteiger charge is -2.49. The van der Waals surface area contributed by atoms with E-state index >= 15 is 0 Å². The highest BCUT2D eigenvalue weighted by Crippen LogP contribution is 2.54. The Balaban J connectivity index is 1.69. The Hall–Kier alpha value is -1.63. The molecule has 3 aliphatic rings. The monoisotopic (exact) mass is 376 g/mol. The van der Waals surface area contributed by atoms with Gasteiger partial charge in [0.2, 0.25) is 5.91 Å². The maximum absolute atomic E-state index is 13.5. The number of nitrogens with zero attached hydrogens (tertiary/aromatic N) is 3. The number of aromatic nitrogens is 1. The second-order valence-electron chi connectivity index (χ2n) is 8.17. The number of piperidine rings is 1. The molecule has 2 amide bonds. The molecule has 3 fully saturated rings. The Morgan fingerprint density at radius 3 is 2.77 bits per heavy atom. The van der Waals surface area contributed by atoms with Crippen LogP contribution in [0.1, 0.15) is 61.8 Å². The Bertz CT molecular complexity index is 748. The van der Waals surface area contributed by atoms with Crippen molar-refractivity contribution in [2.24, 2.45) is 5.41 Å². The lowest BCUT2D eigenvalue weighted by atomic mass is 9.66. The van der Waals surface area contributed by atoms with Crippen molar-refractivity contribution in [3.05, 3.63) is 10.6 Å². The Labute approximate surface area is 159 Å². The van der Waals surface area contributed by atoms with Crippen LogP contribution in [0.3, 0.4) is 0 Å². The predicted octanol–water partition coefficient (Wildman–Crippen LogP) is 2.89. The summed E-state index contributed by atoms with van der Waals surface area (Å²) in [7, 11) is 0. The number of aryl methyl sites for hydroxylation is 1. The molecule has 1 aromatic heterocycles. The summed E-state index contributed by atoms with van der Waals surface area (Å²) in [6, 6.07) is 0.625. The van der Waals surface area contributed by atoms with Gasteiger partial charge in [0.25, 0.3) is 5.91 Å². The number of fused-ring (bicyclic) bond motifs is 1. The van der Waals surface area contributed by atoms with E-state index in [-0.39, 0.29) is 35.4 Å². The van der Waals surface area contributed by atoms with E-state index in [1.807, 2.05) is 18.7 Å². The summed E-state index contributed by atoms with van der Waals surface area (Å²) < 4.78 is 0.